The number of amidine groups is 1. The van der Waals surface area contributed by atoms with E-state index in [1.165, 1.54) is 12.8 Å². The Balaban J connectivity index is 1.51. The number of nitrogens with two attached hydrogens (primary N) is 1. The van der Waals surface area contributed by atoms with Gasteiger partial charge in [0.05, 0.1) is 13.2 Å². The lowest BCUT2D eigenvalue weighted by molar-refractivity contribution is -0.0105. The third-order valence-electron chi connectivity index (χ3n) is 5.23. The van der Waals surface area contributed by atoms with E-state index in [1.807, 2.05) is 0 Å². The van der Waals surface area contributed by atoms with Gasteiger partial charge in [0.1, 0.15) is 11.6 Å². The first-order chi connectivity index (χ1) is 13.1. The van der Waals surface area contributed by atoms with Crippen molar-refractivity contribution in [3.05, 3.63) is 24.3 Å². The summed E-state index contributed by atoms with van der Waals surface area (Å²) in [5, 5.41) is 2.74. The molecule has 0 spiro atoms. The van der Waals surface area contributed by atoms with E-state index < -0.39 is 6.03 Å². The van der Waals surface area contributed by atoms with Crippen molar-refractivity contribution in [2.75, 3.05) is 38.7 Å². The van der Waals surface area contributed by atoms with Crippen molar-refractivity contribution in [1.29, 1.82) is 0 Å². The quantitative estimate of drug-likeness (QED) is 0.611. The molecule has 2 aliphatic heterocycles. The Labute approximate surface area is 160 Å². The summed E-state index contributed by atoms with van der Waals surface area (Å²) in [7, 11) is 1.60. The summed E-state index contributed by atoms with van der Waals surface area (Å²) in [6.45, 7) is 3.71. The van der Waals surface area contributed by atoms with Crippen molar-refractivity contribution >= 4 is 17.6 Å². The van der Waals surface area contributed by atoms with Crippen molar-refractivity contribution in [2.45, 2.75) is 38.2 Å². The van der Waals surface area contributed by atoms with E-state index >= 15 is 0 Å². The van der Waals surface area contributed by atoms with Gasteiger partial charge in [0, 0.05) is 31.3 Å². The number of methoxy groups -OCH3 is 1. The van der Waals surface area contributed by atoms with Gasteiger partial charge in [-0.2, -0.15) is 4.99 Å². The first-order valence-electron chi connectivity index (χ1n) is 9.77. The van der Waals surface area contributed by atoms with Crippen LogP contribution in [0.2, 0.25) is 0 Å². The number of ether oxygens (including phenoxy) is 2. The third kappa shape index (κ3) is 5.94. The third-order valence-corrected chi connectivity index (χ3v) is 5.23. The number of carbonyl (C=O) groups is 1. The molecule has 0 saturated carbocycles. The molecule has 0 radical (unpaired) electrons. The average Bonchev–Trinajstić information content (AvgIpc) is 2.69. The molecule has 3 rings (SSSR count). The smallest absolute Gasteiger partial charge is 0.347 e. The SMILES string of the molecule is COc1ccc(NC(=O)/N=C(\N)C2CCCN(CC3CCCCO3)C2)cc1. The molecule has 0 aromatic heterocycles. The highest BCUT2D eigenvalue weighted by Gasteiger charge is 2.26. The Morgan fingerprint density at radius 1 is 1.30 bits per heavy atom. The molecule has 2 amide bonds. The zero-order chi connectivity index (χ0) is 19.1. The van der Waals surface area contributed by atoms with Crippen LogP contribution in [-0.2, 0) is 4.74 Å². The lowest BCUT2D eigenvalue weighted by Gasteiger charge is -2.35. The molecule has 1 aromatic carbocycles. The fraction of sp³-hybridized carbons (Fsp3) is 0.600. The second-order valence-electron chi connectivity index (χ2n) is 7.28. The van der Waals surface area contributed by atoms with Gasteiger partial charge >= 0.3 is 6.03 Å². The van der Waals surface area contributed by atoms with Crippen LogP contribution in [0.5, 0.6) is 5.75 Å². The molecule has 7 nitrogen and oxygen atoms in total. The van der Waals surface area contributed by atoms with E-state index in [0.29, 0.717) is 17.6 Å². The number of carbonyl (C=O) groups excluding carboxylic acids is 1. The number of amides is 2. The number of hydrogen-bond donors (Lipinski definition) is 2. The highest BCUT2D eigenvalue weighted by molar-refractivity contribution is 6.00. The fourth-order valence-electron chi connectivity index (χ4n) is 3.74. The number of likely N-dealkylation sites (tertiary alicyclic amines) is 1. The predicted molar refractivity (Wildman–Crippen MR) is 106 cm³/mol. The van der Waals surface area contributed by atoms with Crippen LogP contribution in [0, 0.1) is 5.92 Å². The first-order valence-corrected chi connectivity index (χ1v) is 9.77. The topological polar surface area (TPSA) is 89.2 Å². The zero-order valence-electron chi connectivity index (χ0n) is 16.0. The van der Waals surface area contributed by atoms with Crippen LogP contribution < -0.4 is 15.8 Å². The van der Waals surface area contributed by atoms with E-state index in [-0.39, 0.29) is 5.92 Å². The number of hydrogen-bond acceptors (Lipinski definition) is 4. The zero-order valence-corrected chi connectivity index (χ0v) is 16.0. The summed E-state index contributed by atoms with van der Waals surface area (Å²) >= 11 is 0. The first kappa shape index (κ1) is 19.6. The van der Waals surface area contributed by atoms with Crippen LogP contribution in [0.25, 0.3) is 0 Å². The van der Waals surface area contributed by atoms with Gasteiger partial charge in [0.15, 0.2) is 0 Å². The van der Waals surface area contributed by atoms with Gasteiger partial charge in [-0.1, -0.05) is 0 Å². The standard InChI is InChI=1S/C20H30N4O3/c1-26-17-9-7-16(8-10-17)22-20(25)23-19(21)15-5-4-11-24(13-15)14-18-6-2-3-12-27-18/h7-10,15,18H,2-6,11-14H2,1H3,(H3,21,22,23,25). The minimum Gasteiger partial charge on any atom is -0.497 e. The second-order valence-corrected chi connectivity index (χ2v) is 7.28. The van der Waals surface area contributed by atoms with Crippen molar-refractivity contribution in [2.24, 2.45) is 16.6 Å². The normalized spacial score (nSPS) is 24.4. The molecule has 2 heterocycles. The number of rotatable bonds is 5. The molecule has 1 aromatic rings. The van der Waals surface area contributed by atoms with Gasteiger partial charge in [0.2, 0.25) is 0 Å². The number of aliphatic imine (C=N–C) groups is 1. The van der Waals surface area contributed by atoms with Crippen molar-refractivity contribution in [3.8, 4) is 5.75 Å². The number of nitrogens with one attached hydrogen (secondary N) is 1. The Morgan fingerprint density at radius 3 is 2.81 bits per heavy atom. The van der Waals surface area contributed by atoms with Gasteiger partial charge in [0.25, 0.3) is 0 Å². The molecular formula is C20H30N4O3. The second kappa shape index (κ2) is 9.71. The van der Waals surface area contributed by atoms with Crippen LogP contribution >= 0.6 is 0 Å². The molecule has 0 bridgehead atoms. The van der Waals surface area contributed by atoms with Crippen LogP contribution in [0.3, 0.4) is 0 Å². The number of anilines is 1. The summed E-state index contributed by atoms with van der Waals surface area (Å²) in [4.78, 5) is 18.6. The number of nitrogens with zero attached hydrogens (tertiary/aromatic N) is 2. The minimum atomic E-state index is -0.439. The van der Waals surface area contributed by atoms with E-state index in [4.69, 9.17) is 15.2 Å². The molecule has 148 valence electrons. The predicted octanol–water partition coefficient (Wildman–Crippen LogP) is 2.87. The Morgan fingerprint density at radius 2 is 2.11 bits per heavy atom. The molecule has 2 aliphatic rings. The summed E-state index contributed by atoms with van der Waals surface area (Å²) in [5.74, 6) is 1.26. The van der Waals surface area contributed by atoms with E-state index in [9.17, 15) is 4.79 Å². The lowest BCUT2D eigenvalue weighted by atomic mass is 9.96. The monoisotopic (exact) mass is 374 g/mol. The van der Waals surface area contributed by atoms with Crippen molar-refractivity contribution < 1.29 is 14.3 Å². The van der Waals surface area contributed by atoms with Gasteiger partial charge in [-0.25, -0.2) is 4.79 Å². The molecule has 2 unspecified atom stereocenters. The largest absolute Gasteiger partial charge is 0.497 e. The Kier molecular flexibility index (Phi) is 7.06. The number of piperidine rings is 1. The molecule has 3 N–H and O–H groups in total. The minimum absolute atomic E-state index is 0.115. The molecule has 0 aliphatic carbocycles. The van der Waals surface area contributed by atoms with Gasteiger partial charge < -0.3 is 25.4 Å². The maximum absolute atomic E-state index is 12.2. The van der Waals surface area contributed by atoms with E-state index in [1.54, 1.807) is 31.4 Å². The number of urea groups is 1. The fourth-order valence-corrected chi connectivity index (χ4v) is 3.74. The van der Waals surface area contributed by atoms with Crippen LogP contribution in [0.4, 0.5) is 10.5 Å². The summed E-state index contributed by atoms with van der Waals surface area (Å²) in [6, 6.07) is 6.68. The molecular weight excluding hydrogens is 344 g/mol. The maximum Gasteiger partial charge on any atom is 0.347 e. The van der Waals surface area contributed by atoms with Gasteiger partial charge in [-0.05, 0) is 62.9 Å². The molecule has 2 fully saturated rings. The van der Waals surface area contributed by atoms with E-state index in [0.717, 1.165) is 51.3 Å². The average molecular weight is 374 g/mol. The molecule has 2 atom stereocenters. The molecule has 7 heteroatoms. The summed E-state index contributed by atoms with van der Waals surface area (Å²) < 4.78 is 11.0. The molecule has 27 heavy (non-hydrogen) atoms. The highest BCUT2D eigenvalue weighted by atomic mass is 16.5. The van der Waals surface area contributed by atoms with Gasteiger partial charge in [-0.3, -0.25) is 0 Å². The van der Waals surface area contributed by atoms with Crippen molar-refractivity contribution in [1.82, 2.24) is 4.90 Å². The number of benzene rings is 1. The van der Waals surface area contributed by atoms with Crippen molar-refractivity contribution in [3.63, 3.8) is 0 Å². The maximum atomic E-state index is 12.2. The Hall–Kier alpha value is -2.12. The van der Waals surface area contributed by atoms with Crippen LogP contribution in [0.1, 0.15) is 32.1 Å². The van der Waals surface area contributed by atoms with Crippen LogP contribution in [-0.4, -0.2) is 56.2 Å². The molecule has 2 saturated heterocycles. The summed E-state index contributed by atoms with van der Waals surface area (Å²) in [6.07, 6.45) is 5.91. The van der Waals surface area contributed by atoms with Crippen LogP contribution in [0.15, 0.2) is 29.3 Å². The van der Waals surface area contributed by atoms with Gasteiger partial charge in [-0.15, -0.1) is 0 Å². The Bertz CT molecular complexity index is 641. The van der Waals surface area contributed by atoms with E-state index in [2.05, 4.69) is 15.2 Å². The lowest BCUT2D eigenvalue weighted by Crippen LogP contribution is -2.45. The highest BCUT2D eigenvalue weighted by Crippen LogP contribution is 2.20. The summed E-state index contributed by atoms with van der Waals surface area (Å²) in [5.41, 5.74) is 6.82.